The van der Waals surface area contributed by atoms with E-state index in [9.17, 15) is 9.59 Å². The zero-order valence-corrected chi connectivity index (χ0v) is 17.0. The second-order valence-electron chi connectivity index (χ2n) is 7.71. The monoisotopic (exact) mass is 414 g/mol. The van der Waals surface area contributed by atoms with E-state index in [1.807, 2.05) is 30.3 Å². The quantitative estimate of drug-likeness (QED) is 0.554. The van der Waals surface area contributed by atoms with E-state index >= 15 is 0 Å². The standard InChI is InChI=1S/C23H22N6O2/c30-20-14-24-29(19-10-4-3-9-18(19)20)15-22(31)25-17-8-6-7-16(13-17)23-27-26-21-11-2-1-5-12-28(21)23/h3-4,6-10,13-14H,1-2,5,11-12,15H2,(H,25,31). The smallest absolute Gasteiger partial charge is 0.246 e. The summed E-state index contributed by atoms with van der Waals surface area (Å²) in [6.45, 7) is 0.921. The van der Waals surface area contributed by atoms with E-state index in [0.717, 1.165) is 43.0 Å². The van der Waals surface area contributed by atoms with Gasteiger partial charge in [0.2, 0.25) is 11.3 Å². The predicted octanol–water partition coefficient (Wildman–Crippen LogP) is 3.02. The number of carbonyl (C=O) groups excluding carboxylic acids is 1. The molecule has 2 aromatic carbocycles. The fraction of sp³-hybridized carbons (Fsp3) is 0.261. The molecule has 0 unspecified atom stereocenters. The Kier molecular flexibility index (Phi) is 5.03. The third-order valence-electron chi connectivity index (χ3n) is 5.57. The maximum Gasteiger partial charge on any atom is 0.246 e. The summed E-state index contributed by atoms with van der Waals surface area (Å²) in [5.74, 6) is 1.64. The number of anilines is 1. The van der Waals surface area contributed by atoms with Crippen LogP contribution in [-0.4, -0.2) is 30.5 Å². The van der Waals surface area contributed by atoms with Crippen LogP contribution < -0.4 is 10.7 Å². The number of benzene rings is 2. The van der Waals surface area contributed by atoms with Crippen molar-refractivity contribution in [2.24, 2.45) is 0 Å². The summed E-state index contributed by atoms with van der Waals surface area (Å²) in [5, 5.41) is 16.4. The van der Waals surface area contributed by atoms with Gasteiger partial charge in [0.05, 0.1) is 11.7 Å². The Hall–Kier alpha value is -3.81. The van der Waals surface area contributed by atoms with E-state index in [1.165, 1.54) is 17.3 Å². The van der Waals surface area contributed by atoms with Gasteiger partial charge in [0.25, 0.3) is 0 Å². The molecular formula is C23H22N6O2. The second kappa shape index (κ2) is 8.14. The van der Waals surface area contributed by atoms with E-state index < -0.39 is 0 Å². The molecule has 1 aliphatic heterocycles. The number of hydrogen-bond donors (Lipinski definition) is 1. The SMILES string of the molecule is O=C(Cn1ncc(=O)c2ccccc21)Nc1cccc(-c2nnc3n2CCCCC3)c1. The van der Waals surface area contributed by atoms with Gasteiger partial charge in [-0.2, -0.15) is 5.10 Å². The van der Waals surface area contributed by atoms with E-state index in [-0.39, 0.29) is 17.9 Å². The van der Waals surface area contributed by atoms with Crippen LogP contribution in [-0.2, 0) is 24.3 Å². The summed E-state index contributed by atoms with van der Waals surface area (Å²) in [7, 11) is 0. The van der Waals surface area contributed by atoms with Gasteiger partial charge in [-0.15, -0.1) is 10.2 Å². The number of aromatic nitrogens is 5. The van der Waals surface area contributed by atoms with Gasteiger partial charge in [0, 0.05) is 29.6 Å². The van der Waals surface area contributed by atoms with Gasteiger partial charge in [-0.1, -0.05) is 30.7 Å². The van der Waals surface area contributed by atoms with Crippen LogP contribution in [0.15, 0.2) is 59.5 Å². The van der Waals surface area contributed by atoms with Crippen LogP contribution >= 0.6 is 0 Å². The minimum absolute atomic E-state index is 0.00531. The van der Waals surface area contributed by atoms with Crippen molar-refractivity contribution in [1.29, 1.82) is 0 Å². The molecule has 3 heterocycles. The van der Waals surface area contributed by atoms with Crippen molar-refractivity contribution in [2.75, 3.05) is 5.32 Å². The number of rotatable bonds is 4. The largest absolute Gasteiger partial charge is 0.324 e. The first kappa shape index (κ1) is 19.2. The summed E-state index contributed by atoms with van der Waals surface area (Å²) in [5.41, 5.74) is 2.07. The number of nitrogens with zero attached hydrogens (tertiary/aromatic N) is 5. The lowest BCUT2D eigenvalue weighted by Crippen LogP contribution is -2.22. The van der Waals surface area contributed by atoms with Gasteiger partial charge in [-0.25, -0.2) is 0 Å². The first-order valence-electron chi connectivity index (χ1n) is 10.5. The fourth-order valence-electron chi connectivity index (χ4n) is 4.06. The zero-order valence-electron chi connectivity index (χ0n) is 17.0. The lowest BCUT2D eigenvalue weighted by atomic mass is 10.2. The number of carbonyl (C=O) groups is 1. The lowest BCUT2D eigenvalue weighted by Gasteiger charge is -2.11. The molecule has 2 aromatic heterocycles. The van der Waals surface area contributed by atoms with Gasteiger partial charge in [0.15, 0.2) is 5.82 Å². The summed E-state index contributed by atoms with van der Waals surface area (Å²) >= 11 is 0. The van der Waals surface area contributed by atoms with Crippen molar-refractivity contribution in [1.82, 2.24) is 24.5 Å². The Morgan fingerprint density at radius 1 is 1.03 bits per heavy atom. The molecule has 0 bridgehead atoms. The highest BCUT2D eigenvalue weighted by molar-refractivity contribution is 5.92. The van der Waals surface area contributed by atoms with Crippen LogP contribution in [0.4, 0.5) is 5.69 Å². The van der Waals surface area contributed by atoms with E-state index in [2.05, 4.69) is 25.2 Å². The third kappa shape index (κ3) is 3.84. The predicted molar refractivity (Wildman–Crippen MR) is 118 cm³/mol. The molecule has 0 fully saturated rings. The number of fused-ring (bicyclic) bond motifs is 2. The average Bonchev–Trinajstić information content (AvgIpc) is 3.04. The molecule has 31 heavy (non-hydrogen) atoms. The molecule has 1 aliphatic rings. The van der Waals surface area contributed by atoms with Crippen LogP contribution in [0.3, 0.4) is 0 Å². The Labute approximate surface area is 178 Å². The summed E-state index contributed by atoms with van der Waals surface area (Å²) < 4.78 is 3.72. The Morgan fingerprint density at radius 2 is 1.94 bits per heavy atom. The highest BCUT2D eigenvalue weighted by atomic mass is 16.2. The number of aryl methyl sites for hydroxylation is 1. The van der Waals surface area contributed by atoms with Crippen LogP contribution in [0.5, 0.6) is 0 Å². The van der Waals surface area contributed by atoms with Gasteiger partial charge in [-0.3, -0.25) is 14.3 Å². The Balaban J connectivity index is 1.37. The molecule has 0 atom stereocenters. The average molecular weight is 414 g/mol. The minimum Gasteiger partial charge on any atom is -0.324 e. The molecule has 156 valence electrons. The molecule has 1 amide bonds. The molecule has 0 radical (unpaired) electrons. The molecular weight excluding hydrogens is 392 g/mol. The summed E-state index contributed by atoms with van der Waals surface area (Å²) in [4.78, 5) is 24.7. The van der Waals surface area contributed by atoms with Crippen LogP contribution in [0.25, 0.3) is 22.3 Å². The number of para-hydroxylation sites is 1. The van der Waals surface area contributed by atoms with E-state index in [0.29, 0.717) is 16.6 Å². The zero-order chi connectivity index (χ0) is 21.2. The number of amides is 1. The molecule has 0 aliphatic carbocycles. The molecule has 0 saturated heterocycles. The van der Waals surface area contributed by atoms with Gasteiger partial charge < -0.3 is 9.88 Å². The summed E-state index contributed by atoms with van der Waals surface area (Å²) in [6.07, 6.45) is 5.65. The van der Waals surface area contributed by atoms with Gasteiger partial charge in [0.1, 0.15) is 12.4 Å². The highest BCUT2D eigenvalue weighted by Crippen LogP contribution is 2.25. The number of nitrogens with one attached hydrogen (secondary N) is 1. The van der Waals surface area contributed by atoms with Crippen molar-refractivity contribution in [3.63, 3.8) is 0 Å². The maximum absolute atomic E-state index is 12.7. The van der Waals surface area contributed by atoms with Crippen molar-refractivity contribution < 1.29 is 4.79 Å². The molecule has 8 heteroatoms. The third-order valence-corrected chi connectivity index (χ3v) is 5.57. The van der Waals surface area contributed by atoms with E-state index in [1.54, 1.807) is 18.2 Å². The maximum atomic E-state index is 12.7. The highest BCUT2D eigenvalue weighted by Gasteiger charge is 2.16. The normalized spacial score (nSPS) is 13.5. The Bertz CT molecular complexity index is 1320. The topological polar surface area (TPSA) is 94.7 Å². The van der Waals surface area contributed by atoms with Crippen LogP contribution in [0.1, 0.15) is 25.1 Å². The van der Waals surface area contributed by atoms with Crippen LogP contribution in [0, 0.1) is 0 Å². The minimum atomic E-state index is -0.224. The van der Waals surface area contributed by atoms with E-state index in [4.69, 9.17) is 0 Å². The number of hydrogen-bond acceptors (Lipinski definition) is 5. The molecule has 0 saturated carbocycles. The van der Waals surface area contributed by atoms with Crippen molar-refractivity contribution in [3.05, 3.63) is 70.8 Å². The molecule has 5 rings (SSSR count). The van der Waals surface area contributed by atoms with Crippen molar-refractivity contribution in [3.8, 4) is 11.4 Å². The lowest BCUT2D eigenvalue weighted by molar-refractivity contribution is -0.116. The molecule has 1 N–H and O–H groups in total. The second-order valence-corrected chi connectivity index (χ2v) is 7.71. The fourth-order valence-corrected chi connectivity index (χ4v) is 4.06. The first-order chi connectivity index (χ1) is 15.2. The molecule has 8 nitrogen and oxygen atoms in total. The molecule has 4 aromatic rings. The van der Waals surface area contributed by atoms with Gasteiger partial charge in [-0.05, 0) is 37.1 Å². The van der Waals surface area contributed by atoms with Crippen molar-refractivity contribution in [2.45, 2.75) is 38.8 Å². The van der Waals surface area contributed by atoms with Crippen LogP contribution in [0.2, 0.25) is 0 Å². The molecule has 0 spiro atoms. The first-order valence-corrected chi connectivity index (χ1v) is 10.5. The summed E-state index contributed by atoms with van der Waals surface area (Å²) in [6, 6.07) is 14.8. The Morgan fingerprint density at radius 3 is 2.87 bits per heavy atom. The van der Waals surface area contributed by atoms with Crippen molar-refractivity contribution >= 4 is 22.5 Å². The van der Waals surface area contributed by atoms with Gasteiger partial charge >= 0.3 is 0 Å².